The Bertz CT molecular complexity index is 496. The van der Waals surface area contributed by atoms with Gasteiger partial charge in [0.1, 0.15) is 0 Å². The van der Waals surface area contributed by atoms with Gasteiger partial charge in [-0.15, -0.1) is 0 Å². The van der Waals surface area contributed by atoms with Gasteiger partial charge in [-0.1, -0.05) is 6.07 Å². The third kappa shape index (κ3) is 1.70. The van der Waals surface area contributed by atoms with Crippen LogP contribution in [0.25, 0.3) is 11.1 Å². The first kappa shape index (κ1) is 9.02. The SMILES string of the molecule is CC(N)Cc1ccc2[nH]c(=O)oc2c1. The second-order valence-electron chi connectivity index (χ2n) is 3.53. The van der Waals surface area contributed by atoms with Crippen LogP contribution in [0.2, 0.25) is 0 Å². The average molecular weight is 192 g/mol. The van der Waals surface area contributed by atoms with Crippen LogP contribution in [0.5, 0.6) is 0 Å². The minimum atomic E-state index is -0.419. The maximum atomic E-state index is 10.9. The molecule has 0 bridgehead atoms. The van der Waals surface area contributed by atoms with E-state index in [-0.39, 0.29) is 6.04 Å². The number of aromatic amines is 1. The number of aromatic nitrogens is 1. The maximum Gasteiger partial charge on any atom is 0.417 e. The van der Waals surface area contributed by atoms with Crippen molar-refractivity contribution in [2.45, 2.75) is 19.4 Å². The number of nitrogens with one attached hydrogen (secondary N) is 1. The van der Waals surface area contributed by atoms with Crippen molar-refractivity contribution in [2.24, 2.45) is 5.73 Å². The van der Waals surface area contributed by atoms with Gasteiger partial charge in [-0.25, -0.2) is 4.79 Å². The molecular weight excluding hydrogens is 180 g/mol. The molecule has 0 saturated carbocycles. The lowest BCUT2D eigenvalue weighted by atomic mass is 10.1. The molecule has 2 aromatic rings. The fourth-order valence-corrected chi connectivity index (χ4v) is 1.49. The summed E-state index contributed by atoms with van der Waals surface area (Å²) in [7, 11) is 0. The van der Waals surface area contributed by atoms with Crippen LogP contribution in [0.4, 0.5) is 0 Å². The Hall–Kier alpha value is -1.55. The van der Waals surface area contributed by atoms with Crippen molar-refractivity contribution in [3.63, 3.8) is 0 Å². The van der Waals surface area contributed by atoms with Gasteiger partial charge in [-0.05, 0) is 31.0 Å². The van der Waals surface area contributed by atoms with Crippen LogP contribution in [-0.4, -0.2) is 11.0 Å². The molecule has 1 unspecified atom stereocenters. The van der Waals surface area contributed by atoms with Gasteiger partial charge < -0.3 is 10.2 Å². The molecule has 1 heterocycles. The van der Waals surface area contributed by atoms with Crippen molar-refractivity contribution in [1.29, 1.82) is 0 Å². The van der Waals surface area contributed by atoms with Gasteiger partial charge >= 0.3 is 5.76 Å². The van der Waals surface area contributed by atoms with Crippen molar-refractivity contribution >= 4 is 11.1 Å². The molecule has 0 radical (unpaired) electrons. The quantitative estimate of drug-likeness (QED) is 0.745. The van der Waals surface area contributed by atoms with Crippen LogP contribution in [-0.2, 0) is 6.42 Å². The molecular formula is C10H12N2O2. The number of hydrogen-bond acceptors (Lipinski definition) is 3. The molecule has 14 heavy (non-hydrogen) atoms. The minimum absolute atomic E-state index is 0.109. The summed E-state index contributed by atoms with van der Waals surface area (Å²) in [4.78, 5) is 13.5. The van der Waals surface area contributed by atoms with E-state index in [2.05, 4.69) is 4.98 Å². The van der Waals surface area contributed by atoms with E-state index in [0.29, 0.717) is 5.58 Å². The molecule has 0 spiro atoms. The highest BCUT2D eigenvalue weighted by Crippen LogP contribution is 2.13. The van der Waals surface area contributed by atoms with Crippen LogP contribution < -0.4 is 11.5 Å². The first-order valence-electron chi connectivity index (χ1n) is 4.52. The fourth-order valence-electron chi connectivity index (χ4n) is 1.49. The van der Waals surface area contributed by atoms with Gasteiger partial charge in [0, 0.05) is 6.04 Å². The van der Waals surface area contributed by atoms with Gasteiger partial charge in [-0.2, -0.15) is 0 Å². The summed E-state index contributed by atoms with van der Waals surface area (Å²) < 4.78 is 4.94. The van der Waals surface area contributed by atoms with Crippen LogP contribution in [0.3, 0.4) is 0 Å². The Morgan fingerprint density at radius 1 is 1.57 bits per heavy atom. The summed E-state index contributed by atoms with van der Waals surface area (Å²) in [5.41, 5.74) is 8.07. The number of fused-ring (bicyclic) bond motifs is 1. The van der Waals surface area contributed by atoms with Crippen molar-refractivity contribution in [3.8, 4) is 0 Å². The van der Waals surface area contributed by atoms with Gasteiger partial charge in [0.2, 0.25) is 0 Å². The minimum Gasteiger partial charge on any atom is -0.408 e. The Morgan fingerprint density at radius 2 is 2.36 bits per heavy atom. The van der Waals surface area contributed by atoms with Crippen molar-refractivity contribution in [3.05, 3.63) is 34.3 Å². The zero-order valence-electron chi connectivity index (χ0n) is 7.91. The molecule has 3 N–H and O–H groups in total. The summed E-state index contributed by atoms with van der Waals surface area (Å²) >= 11 is 0. The zero-order valence-corrected chi connectivity index (χ0v) is 7.91. The zero-order chi connectivity index (χ0) is 10.1. The topological polar surface area (TPSA) is 72.0 Å². The Balaban J connectivity index is 2.45. The monoisotopic (exact) mass is 192 g/mol. The number of rotatable bonds is 2. The lowest BCUT2D eigenvalue weighted by molar-refractivity contribution is 0.555. The molecule has 0 amide bonds. The van der Waals surface area contributed by atoms with Crippen LogP contribution in [0, 0.1) is 0 Å². The molecule has 4 nitrogen and oxygen atoms in total. The smallest absolute Gasteiger partial charge is 0.408 e. The lowest BCUT2D eigenvalue weighted by Crippen LogP contribution is -2.17. The normalized spacial score (nSPS) is 13.3. The Kier molecular flexibility index (Phi) is 2.13. The third-order valence-electron chi connectivity index (χ3n) is 2.04. The first-order valence-corrected chi connectivity index (χ1v) is 4.52. The van der Waals surface area contributed by atoms with E-state index in [1.807, 2.05) is 25.1 Å². The largest absolute Gasteiger partial charge is 0.417 e. The molecule has 4 heteroatoms. The van der Waals surface area contributed by atoms with Crippen molar-refractivity contribution < 1.29 is 4.42 Å². The molecule has 1 atom stereocenters. The predicted octanol–water partition coefficient (Wildman–Crippen LogP) is 1.01. The van der Waals surface area contributed by atoms with Crippen LogP contribution >= 0.6 is 0 Å². The summed E-state index contributed by atoms with van der Waals surface area (Å²) in [6.07, 6.45) is 0.783. The molecule has 1 aromatic carbocycles. The predicted molar refractivity (Wildman–Crippen MR) is 54.2 cm³/mol. The van der Waals surface area contributed by atoms with E-state index in [1.54, 1.807) is 0 Å². The fraction of sp³-hybridized carbons (Fsp3) is 0.300. The van der Waals surface area contributed by atoms with Gasteiger partial charge in [0.25, 0.3) is 0 Å². The summed E-state index contributed by atoms with van der Waals surface area (Å²) in [5.74, 6) is -0.419. The van der Waals surface area contributed by atoms with E-state index in [4.69, 9.17) is 10.2 Å². The highest BCUT2D eigenvalue weighted by Gasteiger charge is 2.03. The van der Waals surface area contributed by atoms with E-state index in [0.717, 1.165) is 17.5 Å². The number of nitrogens with two attached hydrogens (primary N) is 1. The van der Waals surface area contributed by atoms with E-state index >= 15 is 0 Å². The summed E-state index contributed by atoms with van der Waals surface area (Å²) in [5, 5.41) is 0. The highest BCUT2D eigenvalue weighted by atomic mass is 16.4. The van der Waals surface area contributed by atoms with E-state index in [1.165, 1.54) is 0 Å². The highest BCUT2D eigenvalue weighted by molar-refractivity contribution is 5.72. The maximum absolute atomic E-state index is 10.9. The molecule has 2 rings (SSSR count). The Labute approximate surface area is 80.7 Å². The van der Waals surface area contributed by atoms with Crippen molar-refractivity contribution in [1.82, 2.24) is 4.98 Å². The average Bonchev–Trinajstić information content (AvgIpc) is 2.42. The van der Waals surface area contributed by atoms with Crippen LogP contribution in [0.1, 0.15) is 12.5 Å². The number of H-pyrrole nitrogens is 1. The Morgan fingerprint density at radius 3 is 3.07 bits per heavy atom. The standard InChI is InChI=1S/C10H12N2O2/c1-6(11)4-7-2-3-8-9(5-7)14-10(13)12-8/h2-3,5-6H,4,11H2,1H3,(H,12,13). The molecule has 0 fully saturated rings. The molecule has 0 aliphatic carbocycles. The number of benzene rings is 1. The molecule has 0 aliphatic heterocycles. The lowest BCUT2D eigenvalue weighted by Gasteiger charge is -2.03. The molecule has 0 saturated heterocycles. The third-order valence-corrected chi connectivity index (χ3v) is 2.04. The summed E-state index contributed by atoms with van der Waals surface area (Å²) in [6, 6.07) is 5.73. The second-order valence-corrected chi connectivity index (χ2v) is 3.53. The van der Waals surface area contributed by atoms with Crippen LogP contribution in [0.15, 0.2) is 27.4 Å². The van der Waals surface area contributed by atoms with Gasteiger partial charge in [0.15, 0.2) is 5.58 Å². The van der Waals surface area contributed by atoms with E-state index < -0.39 is 5.76 Å². The second kappa shape index (κ2) is 3.31. The number of hydrogen-bond donors (Lipinski definition) is 2. The van der Waals surface area contributed by atoms with Gasteiger partial charge in [0.05, 0.1) is 5.52 Å². The molecule has 74 valence electrons. The van der Waals surface area contributed by atoms with E-state index in [9.17, 15) is 4.79 Å². The first-order chi connectivity index (χ1) is 6.65. The van der Waals surface area contributed by atoms with Gasteiger partial charge in [-0.3, -0.25) is 4.98 Å². The van der Waals surface area contributed by atoms with Crippen molar-refractivity contribution in [2.75, 3.05) is 0 Å². The number of oxazole rings is 1. The summed E-state index contributed by atoms with van der Waals surface area (Å²) in [6.45, 7) is 1.94. The molecule has 1 aromatic heterocycles. The molecule has 0 aliphatic rings.